The highest BCUT2D eigenvalue weighted by molar-refractivity contribution is 7.69. The maximum Gasteiger partial charge on any atom is 0.404 e. The molecule has 28 heavy (non-hydrogen) atoms. The highest BCUT2D eigenvalue weighted by Gasteiger charge is 2.40. The lowest BCUT2D eigenvalue weighted by Gasteiger charge is -2.38. The minimum absolute atomic E-state index is 0.188. The molecule has 9 heteroatoms. The lowest BCUT2D eigenvalue weighted by atomic mass is 9.91. The molecular weight excluding hydrogens is 382 g/mol. The summed E-state index contributed by atoms with van der Waals surface area (Å²) < 4.78 is 31.3. The number of hydrogen-bond donors (Lipinski definition) is 3. The van der Waals surface area contributed by atoms with Crippen LogP contribution in [0.1, 0.15) is 64.2 Å². The van der Waals surface area contributed by atoms with Gasteiger partial charge in [-0.05, 0) is 45.1 Å². The Morgan fingerprint density at radius 3 is 2.39 bits per heavy atom. The summed E-state index contributed by atoms with van der Waals surface area (Å²) in [5.41, 5.74) is -0.188. The number of amides is 1. The van der Waals surface area contributed by atoms with Crippen LogP contribution in [0.2, 0.25) is 0 Å². The third-order valence-corrected chi connectivity index (χ3v) is 7.09. The lowest BCUT2D eigenvalue weighted by Crippen LogP contribution is -2.47. The van der Waals surface area contributed by atoms with E-state index >= 15 is 0 Å². The van der Waals surface area contributed by atoms with E-state index in [1.54, 1.807) is 4.31 Å². The van der Waals surface area contributed by atoms with Gasteiger partial charge in [0, 0.05) is 31.7 Å². The number of hydrogen-bond acceptors (Lipinski definition) is 5. The van der Waals surface area contributed by atoms with Crippen molar-refractivity contribution in [1.82, 2.24) is 14.5 Å². The third kappa shape index (κ3) is 7.85. The number of ether oxygens (including phenoxy) is 1. The molecule has 2 fully saturated rings. The van der Waals surface area contributed by atoms with E-state index in [0.29, 0.717) is 13.1 Å². The zero-order chi connectivity index (χ0) is 20.2. The van der Waals surface area contributed by atoms with Crippen LogP contribution in [0.4, 0.5) is 4.79 Å². The molecule has 2 aliphatic rings. The van der Waals surface area contributed by atoms with Crippen molar-refractivity contribution in [2.24, 2.45) is 0 Å². The van der Waals surface area contributed by atoms with E-state index in [9.17, 15) is 13.2 Å². The molecule has 1 saturated carbocycles. The van der Waals surface area contributed by atoms with Crippen molar-refractivity contribution >= 4 is 17.0 Å². The van der Waals surface area contributed by atoms with E-state index in [1.165, 1.54) is 0 Å². The van der Waals surface area contributed by atoms with E-state index in [0.717, 1.165) is 97.1 Å². The average Bonchev–Trinajstić information content (AvgIpc) is 3.13. The Labute approximate surface area is 170 Å². The molecule has 1 heterocycles. The Morgan fingerprint density at radius 2 is 1.75 bits per heavy atom. The highest BCUT2D eigenvalue weighted by atomic mass is 32.2. The first-order valence-corrected chi connectivity index (χ1v) is 11.9. The van der Waals surface area contributed by atoms with Crippen LogP contribution in [0.25, 0.3) is 0 Å². The van der Waals surface area contributed by atoms with Gasteiger partial charge >= 0.3 is 6.09 Å². The first kappa shape index (κ1) is 23.4. The van der Waals surface area contributed by atoms with Crippen molar-refractivity contribution in [3.8, 4) is 0 Å². The molecule has 2 rings (SSSR count). The fraction of sp³-hybridized carbons (Fsp3) is 0.947. The zero-order valence-corrected chi connectivity index (χ0v) is 17.8. The molecule has 8 nitrogen and oxygen atoms in total. The first-order valence-electron chi connectivity index (χ1n) is 10.7. The molecule has 164 valence electrons. The van der Waals surface area contributed by atoms with Crippen LogP contribution >= 0.6 is 0 Å². The van der Waals surface area contributed by atoms with Crippen molar-refractivity contribution in [2.75, 3.05) is 45.9 Å². The Hall–Kier alpha value is -0.900. The molecule has 2 N–H and O–H groups in total. The van der Waals surface area contributed by atoms with Crippen LogP contribution in [0.3, 0.4) is 0 Å². The molecule has 1 aliphatic carbocycles. The zero-order valence-electron chi connectivity index (χ0n) is 16.9. The van der Waals surface area contributed by atoms with E-state index in [4.69, 9.17) is 9.84 Å². The predicted molar refractivity (Wildman–Crippen MR) is 109 cm³/mol. The molecule has 0 spiro atoms. The molecule has 0 aromatic heterocycles. The summed E-state index contributed by atoms with van der Waals surface area (Å²) in [7, 11) is -2.58. The smallest absolute Gasteiger partial charge is 0.404 e. The number of rotatable bonds is 13. The molecule has 0 atom stereocenters. The molecule has 1 aliphatic heterocycles. The van der Waals surface area contributed by atoms with Crippen molar-refractivity contribution < 1.29 is 23.1 Å². The largest absolute Gasteiger partial charge is 0.465 e. The van der Waals surface area contributed by atoms with Crippen molar-refractivity contribution in [2.45, 2.75) is 69.7 Å². The van der Waals surface area contributed by atoms with Crippen molar-refractivity contribution in [1.29, 1.82) is 0 Å². The van der Waals surface area contributed by atoms with Crippen molar-refractivity contribution in [3.05, 3.63) is 0 Å². The molecular formula is C19H37N3O5S. The second-order valence-electron chi connectivity index (χ2n) is 8.00. The fourth-order valence-corrected chi connectivity index (χ4v) is 5.51. The van der Waals surface area contributed by atoms with E-state index < -0.39 is 17.0 Å². The van der Waals surface area contributed by atoms with E-state index in [1.807, 2.05) is 0 Å². The van der Waals surface area contributed by atoms with Gasteiger partial charge in [0.1, 0.15) is 0 Å². The summed E-state index contributed by atoms with van der Waals surface area (Å²) in [4.78, 5) is 12.8. The van der Waals surface area contributed by atoms with Gasteiger partial charge in [-0.15, -0.1) is 0 Å². The second-order valence-corrected chi connectivity index (χ2v) is 8.95. The SMILES string of the molecule is O=C(O)NCCCCCCN([SH](=O)=O)C1(CCCN2CCOCC2)CCCC1. The number of carbonyl (C=O) groups is 1. The maximum atomic E-state index is 12.1. The second kappa shape index (κ2) is 12.6. The summed E-state index contributed by atoms with van der Waals surface area (Å²) >= 11 is 0. The van der Waals surface area contributed by atoms with Gasteiger partial charge in [0.25, 0.3) is 0 Å². The van der Waals surface area contributed by atoms with Gasteiger partial charge < -0.3 is 15.2 Å². The highest BCUT2D eigenvalue weighted by Crippen LogP contribution is 2.39. The van der Waals surface area contributed by atoms with Crippen LogP contribution in [-0.2, 0) is 15.6 Å². The lowest BCUT2D eigenvalue weighted by molar-refractivity contribution is 0.0351. The Kier molecular flexibility index (Phi) is 10.5. The molecule has 1 saturated heterocycles. The minimum Gasteiger partial charge on any atom is -0.465 e. The van der Waals surface area contributed by atoms with Gasteiger partial charge in [0.05, 0.1) is 13.2 Å². The quantitative estimate of drug-likeness (QED) is 0.312. The minimum atomic E-state index is -2.58. The number of morpholine rings is 1. The molecule has 0 unspecified atom stereocenters. The van der Waals surface area contributed by atoms with Crippen LogP contribution < -0.4 is 5.32 Å². The maximum absolute atomic E-state index is 12.1. The first-order chi connectivity index (χ1) is 13.5. The van der Waals surface area contributed by atoms with Crippen molar-refractivity contribution in [3.63, 3.8) is 0 Å². The summed E-state index contributed by atoms with van der Waals surface area (Å²) in [6.45, 7) is 5.61. The normalized spacial score (nSPS) is 20.1. The standard InChI is InChI=1S/C19H37N3O5S/c23-18(24)20-11-5-1-2-6-13-22(28(25)26)19(8-3-4-9-19)10-7-12-21-14-16-27-17-15-21/h20,28H,1-17H2,(H,23,24). The average molecular weight is 420 g/mol. The van der Waals surface area contributed by atoms with Crippen LogP contribution in [0.15, 0.2) is 0 Å². The van der Waals surface area contributed by atoms with Crippen LogP contribution in [-0.4, -0.2) is 80.3 Å². The summed E-state index contributed by atoms with van der Waals surface area (Å²) in [5.74, 6) is 0. The molecule has 0 radical (unpaired) electrons. The van der Waals surface area contributed by atoms with Gasteiger partial charge in [-0.25, -0.2) is 13.2 Å². The number of thiol groups is 1. The summed E-state index contributed by atoms with van der Waals surface area (Å²) in [6.07, 6.45) is 8.60. The molecule has 0 bridgehead atoms. The van der Waals surface area contributed by atoms with Gasteiger partial charge in [-0.1, -0.05) is 25.7 Å². The van der Waals surface area contributed by atoms with E-state index in [2.05, 4.69) is 10.2 Å². The molecule has 0 aromatic carbocycles. The van der Waals surface area contributed by atoms with E-state index in [-0.39, 0.29) is 5.54 Å². The monoisotopic (exact) mass is 419 g/mol. The number of unbranched alkanes of at least 4 members (excludes halogenated alkanes) is 3. The Morgan fingerprint density at radius 1 is 1.07 bits per heavy atom. The molecule has 0 aromatic rings. The predicted octanol–water partition coefficient (Wildman–Crippen LogP) is 2.07. The molecule has 1 amide bonds. The van der Waals surface area contributed by atoms with Crippen LogP contribution in [0, 0.1) is 0 Å². The van der Waals surface area contributed by atoms with Gasteiger partial charge in [-0.2, -0.15) is 4.31 Å². The number of carboxylic acid groups (broad SMARTS) is 1. The summed E-state index contributed by atoms with van der Waals surface area (Å²) in [6, 6.07) is 0. The summed E-state index contributed by atoms with van der Waals surface area (Å²) in [5, 5.41) is 10.9. The number of nitrogens with zero attached hydrogens (tertiary/aromatic N) is 2. The number of nitrogens with one attached hydrogen (secondary N) is 1. The Balaban J connectivity index is 1.77. The third-order valence-electron chi connectivity index (χ3n) is 6.07. The van der Waals surface area contributed by atoms with Gasteiger partial charge in [-0.3, -0.25) is 4.90 Å². The fourth-order valence-electron chi connectivity index (χ4n) is 4.55. The topological polar surface area (TPSA) is 99.2 Å². The van der Waals surface area contributed by atoms with Gasteiger partial charge in [0.2, 0.25) is 10.9 Å². The Bertz CT molecular complexity index is 524. The van der Waals surface area contributed by atoms with Gasteiger partial charge in [0.15, 0.2) is 0 Å². The van der Waals surface area contributed by atoms with Crippen LogP contribution in [0.5, 0.6) is 0 Å².